The van der Waals surface area contributed by atoms with Crippen molar-refractivity contribution < 1.29 is 19.8 Å². The van der Waals surface area contributed by atoms with Crippen LogP contribution in [-0.4, -0.2) is 46.8 Å². The number of benzene rings is 1. The Morgan fingerprint density at radius 2 is 2.11 bits per heavy atom. The number of amides is 2. The van der Waals surface area contributed by atoms with E-state index < -0.39 is 12.0 Å². The number of aliphatic hydroxyl groups excluding tert-OH is 1. The quantitative estimate of drug-likeness (QED) is 0.788. The van der Waals surface area contributed by atoms with Crippen LogP contribution in [0.15, 0.2) is 18.2 Å². The number of halogens is 1. The molecule has 7 heteroatoms. The lowest BCUT2D eigenvalue weighted by Gasteiger charge is -2.23. The van der Waals surface area contributed by atoms with Gasteiger partial charge in [0, 0.05) is 12.1 Å². The van der Waals surface area contributed by atoms with E-state index in [2.05, 4.69) is 5.32 Å². The van der Waals surface area contributed by atoms with Gasteiger partial charge in [0.25, 0.3) is 0 Å². The fraction of sp³-hybridized carbons (Fsp3) is 0.333. The number of likely N-dealkylation sites (N-methyl/N-ethyl adjacent to an activating group) is 1. The molecule has 1 aromatic carbocycles. The van der Waals surface area contributed by atoms with Crippen LogP contribution in [0.2, 0.25) is 5.02 Å². The first-order chi connectivity index (χ1) is 8.86. The second-order valence-corrected chi connectivity index (χ2v) is 4.50. The van der Waals surface area contributed by atoms with Gasteiger partial charge in [-0.25, -0.2) is 9.59 Å². The van der Waals surface area contributed by atoms with Crippen molar-refractivity contribution in [2.45, 2.75) is 13.0 Å². The van der Waals surface area contributed by atoms with E-state index in [-0.39, 0.29) is 28.9 Å². The second kappa shape index (κ2) is 6.40. The van der Waals surface area contributed by atoms with E-state index in [0.717, 1.165) is 0 Å². The van der Waals surface area contributed by atoms with Crippen molar-refractivity contribution in [1.29, 1.82) is 0 Å². The predicted molar refractivity (Wildman–Crippen MR) is 71.7 cm³/mol. The maximum Gasteiger partial charge on any atom is 0.337 e. The first-order valence-corrected chi connectivity index (χ1v) is 5.92. The van der Waals surface area contributed by atoms with Gasteiger partial charge < -0.3 is 20.4 Å². The molecule has 19 heavy (non-hydrogen) atoms. The molecule has 1 rings (SSSR count). The molecule has 104 valence electrons. The van der Waals surface area contributed by atoms with Crippen LogP contribution < -0.4 is 5.32 Å². The molecule has 0 aliphatic heterocycles. The Morgan fingerprint density at radius 1 is 1.47 bits per heavy atom. The summed E-state index contributed by atoms with van der Waals surface area (Å²) in [6.07, 6.45) is 0. The number of aromatic carboxylic acids is 1. The van der Waals surface area contributed by atoms with E-state index >= 15 is 0 Å². The largest absolute Gasteiger partial charge is 0.478 e. The summed E-state index contributed by atoms with van der Waals surface area (Å²) >= 11 is 5.71. The Bertz CT molecular complexity index is 493. The molecule has 0 aromatic heterocycles. The molecule has 6 nitrogen and oxygen atoms in total. The molecular formula is C12H15ClN2O4. The molecule has 0 radical (unpaired) electrons. The van der Waals surface area contributed by atoms with Crippen molar-refractivity contribution in [3.05, 3.63) is 28.8 Å². The molecule has 0 saturated carbocycles. The number of rotatable bonds is 4. The number of carbonyl (C=O) groups is 2. The van der Waals surface area contributed by atoms with Crippen molar-refractivity contribution in [2.75, 3.05) is 19.0 Å². The summed E-state index contributed by atoms with van der Waals surface area (Å²) in [5, 5.41) is 20.7. The molecule has 2 amide bonds. The highest BCUT2D eigenvalue weighted by Crippen LogP contribution is 2.21. The molecule has 0 heterocycles. The third-order valence-corrected chi connectivity index (χ3v) is 2.93. The zero-order valence-corrected chi connectivity index (χ0v) is 11.3. The maximum absolute atomic E-state index is 11.9. The lowest BCUT2D eigenvalue weighted by atomic mass is 10.2. The molecule has 3 N–H and O–H groups in total. The molecule has 0 bridgehead atoms. The zero-order valence-electron chi connectivity index (χ0n) is 10.6. The number of nitrogens with zero attached hydrogens (tertiary/aromatic N) is 1. The number of aliphatic hydroxyl groups is 1. The Balaban J connectivity index is 2.94. The van der Waals surface area contributed by atoms with Gasteiger partial charge in [-0.15, -0.1) is 0 Å². The number of anilines is 1. The molecule has 0 aliphatic carbocycles. The van der Waals surface area contributed by atoms with E-state index in [0.29, 0.717) is 0 Å². The Kier molecular flexibility index (Phi) is 5.14. The van der Waals surface area contributed by atoms with Gasteiger partial charge in [-0.1, -0.05) is 11.6 Å². The third-order valence-electron chi connectivity index (χ3n) is 2.70. The summed E-state index contributed by atoms with van der Waals surface area (Å²) in [5.41, 5.74) is 0.0600. The third kappa shape index (κ3) is 3.84. The summed E-state index contributed by atoms with van der Waals surface area (Å²) in [5.74, 6) is -1.18. The van der Waals surface area contributed by atoms with Crippen LogP contribution in [-0.2, 0) is 0 Å². The number of nitrogens with one attached hydrogen (secondary N) is 1. The van der Waals surface area contributed by atoms with Crippen molar-refractivity contribution >= 4 is 29.3 Å². The van der Waals surface area contributed by atoms with Gasteiger partial charge in [0.2, 0.25) is 0 Å². The van der Waals surface area contributed by atoms with Gasteiger partial charge >= 0.3 is 12.0 Å². The number of hydrogen-bond acceptors (Lipinski definition) is 3. The first-order valence-electron chi connectivity index (χ1n) is 5.54. The molecule has 1 atom stereocenters. The summed E-state index contributed by atoms with van der Waals surface area (Å²) in [4.78, 5) is 24.2. The average Bonchev–Trinajstić information content (AvgIpc) is 2.38. The highest BCUT2D eigenvalue weighted by Gasteiger charge is 2.18. The molecular weight excluding hydrogens is 272 g/mol. The van der Waals surface area contributed by atoms with Gasteiger partial charge in [-0.3, -0.25) is 0 Å². The van der Waals surface area contributed by atoms with Crippen LogP contribution in [0.25, 0.3) is 0 Å². The van der Waals surface area contributed by atoms with Gasteiger partial charge in [-0.2, -0.15) is 0 Å². The van der Waals surface area contributed by atoms with Crippen LogP contribution in [0.5, 0.6) is 0 Å². The van der Waals surface area contributed by atoms with Crippen molar-refractivity contribution in [3.8, 4) is 0 Å². The normalized spacial score (nSPS) is 11.8. The summed E-state index contributed by atoms with van der Waals surface area (Å²) in [7, 11) is 1.51. The first kappa shape index (κ1) is 15.3. The van der Waals surface area contributed by atoms with E-state index in [1.807, 2.05) is 0 Å². The van der Waals surface area contributed by atoms with E-state index in [1.165, 1.54) is 30.1 Å². The van der Waals surface area contributed by atoms with Crippen LogP contribution in [0.4, 0.5) is 10.5 Å². The molecule has 1 unspecified atom stereocenters. The standard InChI is InChI=1S/C12H15ClN2O4/c1-7(6-16)15(2)12(19)14-10-4-3-8(13)5-9(10)11(17)18/h3-5,7,16H,6H2,1-2H3,(H,14,19)(H,17,18). The smallest absolute Gasteiger partial charge is 0.337 e. The Labute approximate surface area is 115 Å². The number of hydrogen-bond donors (Lipinski definition) is 3. The molecule has 1 aromatic rings. The van der Waals surface area contributed by atoms with Gasteiger partial charge in [-0.05, 0) is 25.1 Å². The lowest BCUT2D eigenvalue weighted by molar-refractivity contribution is 0.0698. The fourth-order valence-electron chi connectivity index (χ4n) is 1.33. The highest BCUT2D eigenvalue weighted by atomic mass is 35.5. The average molecular weight is 287 g/mol. The summed E-state index contributed by atoms with van der Waals surface area (Å²) in [6, 6.07) is 3.28. The van der Waals surface area contributed by atoms with Gasteiger partial charge in [0.1, 0.15) is 0 Å². The van der Waals surface area contributed by atoms with Crippen LogP contribution >= 0.6 is 11.6 Å². The van der Waals surface area contributed by atoms with Crippen LogP contribution in [0.1, 0.15) is 17.3 Å². The predicted octanol–water partition coefficient (Wildman–Crippen LogP) is 1.88. The molecule has 0 aliphatic rings. The van der Waals surface area contributed by atoms with Crippen molar-refractivity contribution in [1.82, 2.24) is 4.90 Å². The number of carbonyl (C=O) groups excluding carboxylic acids is 1. The molecule has 0 saturated heterocycles. The second-order valence-electron chi connectivity index (χ2n) is 4.07. The van der Waals surface area contributed by atoms with E-state index in [4.69, 9.17) is 21.8 Å². The monoisotopic (exact) mass is 286 g/mol. The Hall–Kier alpha value is -1.79. The highest BCUT2D eigenvalue weighted by molar-refractivity contribution is 6.31. The molecule has 0 spiro atoms. The summed E-state index contributed by atoms with van der Waals surface area (Å²) in [6.45, 7) is 1.48. The minimum atomic E-state index is -1.18. The van der Waals surface area contributed by atoms with Gasteiger partial charge in [0.05, 0.1) is 23.9 Å². The van der Waals surface area contributed by atoms with Crippen molar-refractivity contribution in [3.63, 3.8) is 0 Å². The molecule has 0 fully saturated rings. The number of carboxylic acids is 1. The maximum atomic E-state index is 11.9. The van der Waals surface area contributed by atoms with Crippen LogP contribution in [0.3, 0.4) is 0 Å². The SMILES string of the molecule is CC(CO)N(C)C(=O)Nc1ccc(Cl)cc1C(=O)O. The lowest BCUT2D eigenvalue weighted by Crippen LogP contribution is -2.40. The minimum Gasteiger partial charge on any atom is -0.478 e. The van der Waals surface area contributed by atoms with Crippen LogP contribution in [0, 0.1) is 0 Å². The van der Waals surface area contributed by atoms with E-state index in [9.17, 15) is 9.59 Å². The van der Waals surface area contributed by atoms with E-state index in [1.54, 1.807) is 6.92 Å². The fourth-order valence-corrected chi connectivity index (χ4v) is 1.50. The number of carboxylic acid groups (broad SMARTS) is 1. The van der Waals surface area contributed by atoms with Gasteiger partial charge in [0.15, 0.2) is 0 Å². The number of urea groups is 1. The topological polar surface area (TPSA) is 89.9 Å². The Morgan fingerprint density at radius 3 is 2.63 bits per heavy atom. The zero-order chi connectivity index (χ0) is 14.6. The minimum absolute atomic E-state index is 0.0918. The summed E-state index contributed by atoms with van der Waals surface area (Å²) < 4.78 is 0. The van der Waals surface area contributed by atoms with Crippen molar-refractivity contribution in [2.24, 2.45) is 0 Å².